The monoisotopic (exact) mass is 213 g/mol. The van der Waals surface area contributed by atoms with Crippen LogP contribution in [0.1, 0.15) is 12.0 Å². The minimum atomic E-state index is 0.472. The highest BCUT2D eigenvalue weighted by atomic mass is 15.1. The summed E-state index contributed by atoms with van der Waals surface area (Å²) in [7, 11) is 0. The Labute approximate surface area is 96.7 Å². The Bertz CT molecular complexity index is 377. The minimum absolute atomic E-state index is 0.472. The minimum Gasteiger partial charge on any atom is -0.363 e. The Balaban J connectivity index is 2.71. The first kappa shape index (κ1) is 12.1. The van der Waals surface area contributed by atoms with Crippen LogP contribution in [0.15, 0.2) is 24.3 Å². The van der Waals surface area contributed by atoms with Crippen LogP contribution in [-0.2, 0) is 0 Å². The number of hydrogen-bond acceptors (Lipinski definition) is 2. The van der Waals surface area contributed by atoms with E-state index in [1.54, 1.807) is 0 Å². The van der Waals surface area contributed by atoms with Gasteiger partial charge in [0.1, 0.15) is 0 Å². The number of rotatable bonds is 5. The van der Waals surface area contributed by atoms with Crippen molar-refractivity contribution in [1.29, 1.82) is 5.26 Å². The summed E-state index contributed by atoms with van der Waals surface area (Å²) in [6.07, 6.45) is 0.492. The molecule has 0 amide bonds. The summed E-state index contributed by atoms with van der Waals surface area (Å²) in [5, 5.41) is 8.59. The Kier molecular flexibility index (Phi) is 4.89. The topological polar surface area (TPSA) is 31.4 Å². The van der Waals surface area contributed by atoms with Gasteiger partial charge in [-0.3, -0.25) is 0 Å². The van der Waals surface area contributed by atoms with Crippen LogP contribution in [-0.4, -0.2) is 19.6 Å². The highest BCUT2D eigenvalue weighted by molar-refractivity contribution is 5.47. The van der Waals surface area contributed by atoms with E-state index in [1.165, 1.54) is 5.56 Å². The third-order valence-electron chi connectivity index (χ3n) is 2.37. The molecule has 0 aromatic heterocycles. The smallest absolute Gasteiger partial charge is 0.231 e. The molecule has 0 bridgehead atoms. The van der Waals surface area contributed by atoms with Crippen molar-refractivity contribution in [2.24, 2.45) is 0 Å². The van der Waals surface area contributed by atoms with Gasteiger partial charge in [0.05, 0.1) is 19.0 Å². The van der Waals surface area contributed by atoms with Crippen LogP contribution in [0.4, 0.5) is 5.69 Å². The first-order chi connectivity index (χ1) is 7.77. The van der Waals surface area contributed by atoms with E-state index in [9.17, 15) is 0 Å². The molecule has 0 saturated carbocycles. The number of aryl methyl sites for hydroxylation is 1. The molecule has 0 aliphatic rings. The van der Waals surface area contributed by atoms with Gasteiger partial charge >= 0.3 is 0 Å². The maximum absolute atomic E-state index is 8.59. The van der Waals surface area contributed by atoms with E-state index >= 15 is 0 Å². The molecule has 0 heterocycles. The number of benzene rings is 1. The van der Waals surface area contributed by atoms with Crippen LogP contribution in [0.25, 0.3) is 4.85 Å². The average Bonchev–Trinajstić information content (AvgIpc) is 2.31. The van der Waals surface area contributed by atoms with Gasteiger partial charge in [-0.1, -0.05) is 17.7 Å². The van der Waals surface area contributed by atoms with E-state index in [-0.39, 0.29) is 0 Å². The van der Waals surface area contributed by atoms with Gasteiger partial charge in [-0.05, 0) is 19.1 Å². The second kappa shape index (κ2) is 6.48. The fraction of sp³-hybridized carbons (Fsp3) is 0.385. The maximum atomic E-state index is 8.59. The summed E-state index contributed by atoms with van der Waals surface area (Å²) in [5.41, 5.74) is 2.30. The van der Waals surface area contributed by atoms with Gasteiger partial charge in [0.25, 0.3) is 0 Å². The molecule has 3 nitrogen and oxygen atoms in total. The first-order valence-electron chi connectivity index (χ1n) is 5.29. The molecule has 1 aromatic rings. The number of anilines is 1. The van der Waals surface area contributed by atoms with Gasteiger partial charge in [-0.2, -0.15) is 5.26 Å². The summed E-state index contributed by atoms with van der Waals surface area (Å²) in [6.45, 7) is 10.7. The summed E-state index contributed by atoms with van der Waals surface area (Å²) in [5.74, 6) is 0. The zero-order valence-electron chi connectivity index (χ0n) is 9.48. The molecule has 3 heteroatoms. The van der Waals surface area contributed by atoms with Crippen LogP contribution in [0.5, 0.6) is 0 Å². The molecule has 1 aromatic carbocycles. The number of nitrogens with zero attached hydrogens (tertiary/aromatic N) is 3. The maximum Gasteiger partial charge on any atom is 0.231 e. The largest absolute Gasteiger partial charge is 0.363 e. The second-order valence-electron chi connectivity index (χ2n) is 3.61. The lowest BCUT2D eigenvalue weighted by Crippen LogP contribution is -2.26. The molecular formula is C13H15N3. The van der Waals surface area contributed by atoms with Crippen molar-refractivity contribution in [1.82, 2.24) is 0 Å². The molecule has 0 N–H and O–H groups in total. The zero-order chi connectivity index (χ0) is 11.8. The highest BCUT2D eigenvalue weighted by Gasteiger charge is 2.06. The SMILES string of the molecule is [C-]#[N+]CCN(CCC#N)c1ccc(C)cc1. The van der Waals surface area contributed by atoms with Crippen molar-refractivity contribution in [2.45, 2.75) is 13.3 Å². The molecule has 0 radical (unpaired) electrons. The van der Waals surface area contributed by atoms with Crippen molar-refractivity contribution < 1.29 is 0 Å². The van der Waals surface area contributed by atoms with E-state index in [0.717, 1.165) is 5.69 Å². The highest BCUT2D eigenvalue weighted by Crippen LogP contribution is 2.15. The van der Waals surface area contributed by atoms with Crippen molar-refractivity contribution in [3.8, 4) is 6.07 Å². The van der Waals surface area contributed by atoms with Crippen LogP contribution in [0.3, 0.4) is 0 Å². The molecule has 1 rings (SSSR count). The van der Waals surface area contributed by atoms with Crippen LogP contribution in [0, 0.1) is 24.8 Å². The molecule has 0 aliphatic carbocycles. The molecule has 0 atom stereocenters. The lowest BCUT2D eigenvalue weighted by molar-refractivity contribution is 0.815. The summed E-state index contributed by atoms with van der Waals surface area (Å²) >= 11 is 0. The quantitative estimate of drug-likeness (QED) is 0.704. The first-order valence-corrected chi connectivity index (χ1v) is 5.29. The number of nitriles is 1. The van der Waals surface area contributed by atoms with Gasteiger partial charge in [0, 0.05) is 12.2 Å². The fourth-order valence-electron chi connectivity index (χ4n) is 1.48. The van der Waals surface area contributed by atoms with Gasteiger partial charge in [-0.25, -0.2) is 6.57 Å². The molecule has 0 fully saturated rings. The Morgan fingerprint density at radius 3 is 2.56 bits per heavy atom. The normalized spacial score (nSPS) is 9.19. The lowest BCUT2D eigenvalue weighted by Gasteiger charge is -2.21. The molecule has 0 unspecified atom stereocenters. The third kappa shape index (κ3) is 3.63. The van der Waals surface area contributed by atoms with Crippen molar-refractivity contribution in [3.63, 3.8) is 0 Å². The molecule has 0 spiro atoms. The van der Waals surface area contributed by atoms with Crippen molar-refractivity contribution in [3.05, 3.63) is 41.2 Å². The van der Waals surface area contributed by atoms with Gasteiger partial charge in [-0.15, -0.1) is 0 Å². The Hall–Kier alpha value is -2.00. The summed E-state index contributed by atoms with van der Waals surface area (Å²) < 4.78 is 0. The van der Waals surface area contributed by atoms with Gasteiger partial charge in [0.15, 0.2) is 0 Å². The summed E-state index contributed by atoms with van der Waals surface area (Å²) in [6, 6.07) is 10.3. The van der Waals surface area contributed by atoms with Gasteiger partial charge < -0.3 is 9.74 Å². The van der Waals surface area contributed by atoms with Gasteiger partial charge in [0.2, 0.25) is 6.54 Å². The van der Waals surface area contributed by atoms with E-state index in [1.807, 2.05) is 31.2 Å². The predicted molar refractivity (Wildman–Crippen MR) is 65.1 cm³/mol. The third-order valence-corrected chi connectivity index (χ3v) is 2.37. The molecule has 0 aliphatic heterocycles. The standard InChI is InChI=1S/C13H15N3/c1-12-4-6-13(7-5-12)16(10-3-8-14)11-9-15-2/h4-7H,3,9-11H2,1H3. The van der Waals surface area contributed by atoms with Crippen LogP contribution >= 0.6 is 0 Å². The van der Waals surface area contributed by atoms with Crippen molar-refractivity contribution >= 4 is 5.69 Å². The predicted octanol–water partition coefficient (Wildman–Crippen LogP) is 2.63. The Morgan fingerprint density at radius 1 is 1.31 bits per heavy atom. The van der Waals surface area contributed by atoms with E-state index in [0.29, 0.717) is 26.1 Å². The summed E-state index contributed by atoms with van der Waals surface area (Å²) in [4.78, 5) is 5.44. The van der Waals surface area contributed by atoms with E-state index in [4.69, 9.17) is 11.8 Å². The van der Waals surface area contributed by atoms with E-state index < -0.39 is 0 Å². The van der Waals surface area contributed by atoms with Crippen molar-refractivity contribution in [2.75, 3.05) is 24.5 Å². The molecule has 16 heavy (non-hydrogen) atoms. The molecule has 82 valence electrons. The fourth-order valence-corrected chi connectivity index (χ4v) is 1.48. The number of hydrogen-bond donors (Lipinski definition) is 0. The van der Waals surface area contributed by atoms with Crippen LogP contribution in [0.2, 0.25) is 0 Å². The lowest BCUT2D eigenvalue weighted by atomic mass is 10.2. The van der Waals surface area contributed by atoms with E-state index in [2.05, 4.69) is 15.8 Å². The second-order valence-corrected chi connectivity index (χ2v) is 3.61. The Morgan fingerprint density at radius 2 is 2.00 bits per heavy atom. The molecule has 0 saturated heterocycles. The molecular weight excluding hydrogens is 198 g/mol. The average molecular weight is 213 g/mol. The van der Waals surface area contributed by atoms with Crippen LogP contribution < -0.4 is 4.90 Å². The zero-order valence-corrected chi connectivity index (χ0v) is 9.48.